The molecule has 0 spiro atoms. The fourth-order valence-electron chi connectivity index (χ4n) is 1.70. The van der Waals surface area contributed by atoms with Crippen molar-refractivity contribution < 1.29 is 9.53 Å². The number of para-hydroxylation sites is 1. The van der Waals surface area contributed by atoms with Crippen molar-refractivity contribution in [1.82, 2.24) is 10.3 Å². The average molecular weight is 258 g/mol. The van der Waals surface area contributed by atoms with E-state index in [-0.39, 0.29) is 12.5 Å². The molecule has 2 aromatic rings. The lowest BCUT2D eigenvalue weighted by Gasteiger charge is -2.10. The zero-order valence-electron chi connectivity index (χ0n) is 11.2. The van der Waals surface area contributed by atoms with Gasteiger partial charge in [0.1, 0.15) is 11.3 Å². The minimum atomic E-state index is -0.110. The van der Waals surface area contributed by atoms with E-state index in [9.17, 15) is 4.79 Å². The number of ether oxygens (including phenoxy) is 1. The number of nitrogens with one attached hydrogen (secondary N) is 1. The number of fused-ring (bicyclic) bond motifs is 1. The summed E-state index contributed by atoms with van der Waals surface area (Å²) in [6.45, 7) is 4.78. The van der Waals surface area contributed by atoms with Gasteiger partial charge in [-0.15, -0.1) is 0 Å². The third-order valence-corrected chi connectivity index (χ3v) is 2.66. The largest absolute Gasteiger partial charge is 0.481 e. The first-order valence-electron chi connectivity index (χ1n) is 6.40. The Morgan fingerprint density at radius 1 is 1.32 bits per heavy atom. The number of hydrogen-bond donors (Lipinski definition) is 1. The van der Waals surface area contributed by atoms with Gasteiger partial charge in [-0.1, -0.05) is 32.0 Å². The summed E-state index contributed by atoms with van der Waals surface area (Å²) < 4.78 is 5.54. The van der Waals surface area contributed by atoms with E-state index in [0.29, 0.717) is 18.2 Å². The molecule has 1 aromatic carbocycles. The molecule has 100 valence electrons. The predicted octanol–water partition coefficient (Wildman–Crippen LogP) is 2.39. The first-order valence-corrected chi connectivity index (χ1v) is 6.40. The molecule has 19 heavy (non-hydrogen) atoms. The number of rotatable bonds is 5. The van der Waals surface area contributed by atoms with Gasteiger partial charge in [0.25, 0.3) is 5.91 Å². The SMILES string of the molecule is CC(C)CNC(=O)COc1cccc2cccnc12. The van der Waals surface area contributed by atoms with Crippen LogP contribution in [0.5, 0.6) is 5.75 Å². The highest BCUT2D eigenvalue weighted by Gasteiger charge is 2.06. The van der Waals surface area contributed by atoms with Gasteiger partial charge in [-0.3, -0.25) is 9.78 Å². The van der Waals surface area contributed by atoms with Crippen molar-refractivity contribution >= 4 is 16.8 Å². The molecule has 0 radical (unpaired) electrons. The Labute approximate surface area is 112 Å². The summed E-state index contributed by atoms with van der Waals surface area (Å²) in [6, 6.07) is 9.53. The van der Waals surface area contributed by atoms with Crippen LogP contribution in [0.3, 0.4) is 0 Å². The van der Waals surface area contributed by atoms with Gasteiger partial charge in [-0.25, -0.2) is 0 Å². The summed E-state index contributed by atoms with van der Waals surface area (Å²) in [6.07, 6.45) is 1.72. The fraction of sp³-hybridized carbons (Fsp3) is 0.333. The summed E-state index contributed by atoms with van der Waals surface area (Å²) in [5.41, 5.74) is 0.779. The van der Waals surface area contributed by atoms with Crippen LogP contribution in [0.2, 0.25) is 0 Å². The highest BCUT2D eigenvalue weighted by atomic mass is 16.5. The van der Waals surface area contributed by atoms with Crippen LogP contribution in [0.15, 0.2) is 36.5 Å². The second-order valence-corrected chi connectivity index (χ2v) is 4.82. The lowest BCUT2D eigenvalue weighted by atomic mass is 10.2. The van der Waals surface area contributed by atoms with Gasteiger partial charge in [0, 0.05) is 18.1 Å². The molecular formula is C15H18N2O2. The summed E-state index contributed by atoms with van der Waals surface area (Å²) in [5.74, 6) is 0.961. The van der Waals surface area contributed by atoms with E-state index in [1.807, 2.05) is 30.3 Å². The number of carbonyl (C=O) groups is 1. The van der Waals surface area contributed by atoms with Gasteiger partial charge in [-0.2, -0.15) is 0 Å². The first-order chi connectivity index (χ1) is 9.16. The van der Waals surface area contributed by atoms with Crippen LogP contribution in [0, 0.1) is 5.92 Å². The maximum absolute atomic E-state index is 11.6. The van der Waals surface area contributed by atoms with Crippen molar-refractivity contribution in [2.45, 2.75) is 13.8 Å². The first kappa shape index (κ1) is 13.3. The van der Waals surface area contributed by atoms with E-state index in [1.54, 1.807) is 6.20 Å². The number of benzene rings is 1. The Morgan fingerprint density at radius 3 is 2.89 bits per heavy atom. The van der Waals surface area contributed by atoms with Gasteiger partial charge in [0.15, 0.2) is 6.61 Å². The molecule has 0 aliphatic carbocycles. The van der Waals surface area contributed by atoms with Crippen LogP contribution in [-0.2, 0) is 4.79 Å². The Kier molecular flexibility index (Phi) is 4.34. The number of nitrogens with zero attached hydrogens (tertiary/aromatic N) is 1. The number of hydrogen-bond acceptors (Lipinski definition) is 3. The molecule has 2 rings (SSSR count). The van der Waals surface area contributed by atoms with Crippen LogP contribution >= 0.6 is 0 Å². The molecule has 0 atom stereocenters. The molecule has 1 N–H and O–H groups in total. The third kappa shape index (κ3) is 3.68. The molecule has 0 aliphatic rings. The molecular weight excluding hydrogens is 240 g/mol. The molecule has 4 nitrogen and oxygen atoms in total. The minimum absolute atomic E-state index is 0.0163. The van der Waals surface area contributed by atoms with Crippen molar-refractivity contribution in [2.24, 2.45) is 5.92 Å². The van der Waals surface area contributed by atoms with Crippen LogP contribution in [0.1, 0.15) is 13.8 Å². The van der Waals surface area contributed by atoms with E-state index in [2.05, 4.69) is 24.1 Å². The van der Waals surface area contributed by atoms with Crippen molar-refractivity contribution in [2.75, 3.05) is 13.2 Å². The van der Waals surface area contributed by atoms with E-state index >= 15 is 0 Å². The molecule has 1 amide bonds. The molecule has 0 fully saturated rings. The predicted molar refractivity (Wildman–Crippen MR) is 75.1 cm³/mol. The van der Waals surface area contributed by atoms with Crippen molar-refractivity contribution in [1.29, 1.82) is 0 Å². The monoisotopic (exact) mass is 258 g/mol. The van der Waals surface area contributed by atoms with Crippen LogP contribution in [0.4, 0.5) is 0 Å². The zero-order valence-corrected chi connectivity index (χ0v) is 11.2. The van der Waals surface area contributed by atoms with Gasteiger partial charge >= 0.3 is 0 Å². The normalized spacial score (nSPS) is 10.7. The smallest absolute Gasteiger partial charge is 0.257 e. The molecule has 0 aliphatic heterocycles. The Morgan fingerprint density at radius 2 is 2.11 bits per heavy atom. The van der Waals surface area contributed by atoms with Gasteiger partial charge in [0.05, 0.1) is 0 Å². The second-order valence-electron chi connectivity index (χ2n) is 4.82. The number of pyridine rings is 1. The molecule has 1 aromatic heterocycles. The quantitative estimate of drug-likeness (QED) is 0.895. The minimum Gasteiger partial charge on any atom is -0.481 e. The van der Waals surface area contributed by atoms with Crippen molar-refractivity contribution in [3.63, 3.8) is 0 Å². The van der Waals surface area contributed by atoms with Crippen molar-refractivity contribution in [3.8, 4) is 5.75 Å². The van der Waals surface area contributed by atoms with E-state index in [1.165, 1.54) is 0 Å². The Balaban J connectivity index is 2.00. The summed E-state index contributed by atoms with van der Waals surface area (Å²) in [4.78, 5) is 15.9. The molecule has 1 heterocycles. The molecule has 4 heteroatoms. The van der Waals surface area contributed by atoms with E-state index in [4.69, 9.17) is 4.74 Å². The molecule has 0 unspecified atom stereocenters. The number of amides is 1. The third-order valence-electron chi connectivity index (χ3n) is 2.66. The molecule has 0 saturated carbocycles. The van der Waals surface area contributed by atoms with Gasteiger partial charge in [0.2, 0.25) is 0 Å². The van der Waals surface area contributed by atoms with Crippen LogP contribution in [-0.4, -0.2) is 24.0 Å². The highest BCUT2D eigenvalue weighted by molar-refractivity contribution is 5.85. The molecule has 0 bridgehead atoms. The van der Waals surface area contributed by atoms with Gasteiger partial charge in [-0.05, 0) is 18.1 Å². The van der Waals surface area contributed by atoms with Crippen molar-refractivity contribution in [3.05, 3.63) is 36.5 Å². The van der Waals surface area contributed by atoms with E-state index in [0.717, 1.165) is 10.9 Å². The molecule has 0 saturated heterocycles. The Hall–Kier alpha value is -2.10. The number of carbonyl (C=O) groups excluding carboxylic acids is 1. The fourth-order valence-corrected chi connectivity index (χ4v) is 1.70. The summed E-state index contributed by atoms with van der Waals surface area (Å²) in [7, 11) is 0. The summed E-state index contributed by atoms with van der Waals surface area (Å²) in [5, 5.41) is 3.82. The summed E-state index contributed by atoms with van der Waals surface area (Å²) >= 11 is 0. The zero-order chi connectivity index (χ0) is 13.7. The maximum atomic E-state index is 11.6. The Bertz CT molecular complexity index is 562. The highest BCUT2D eigenvalue weighted by Crippen LogP contribution is 2.22. The van der Waals surface area contributed by atoms with Crippen LogP contribution in [0.25, 0.3) is 10.9 Å². The average Bonchev–Trinajstić information content (AvgIpc) is 2.42. The van der Waals surface area contributed by atoms with E-state index < -0.39 is 0 Å². The number of aromatic nitrogens is 1. The second kappa shape index (κ2) is 6.18. The lowest BCUT2D eigenvalue weighted by molar-refractivity contribution is -0.123. The van der Waals surface area contributed by atoms with Crippen LogP contribution < -0.4 is 10.1 Å². The topological polar surface area (TPSA) is 51.2 Å². The maximum Gasteiger partial charge on any atom is 0.257 e. The van der Waals surface area contributed by atoms with Gasteiger partial charge < -0.3 is 10.1 Å². The lowest BCUT2D eigenvalue weighted by Crippen LogP contribution is -2.31. The standard InChI is InChI=1S/C15H18N2O2/c1-11(2)9-17-14(18)10-19-13-7-3-5-12-6-4-8-16-15(12)13/h3-8,11H,9-10H2,1-2H3,(H,17,18).